The van der Waals surface area contributed by atoms with Crippen LogP contribution in [0.2, 0.25) is 0 Å². The van der Waals surface area contributed by atoms with Gasteiger partial charge in [-0.1, -0.05) is 15.9 Å². The van der Waals surface area contributed by atoms with Crippen LogP contribution in [0.15, 0.2) is 21.5 Å². The first kappa shape index (κ1) is 20.7. The third-order valence-corrected chi connectivity index (χ3v) is 7.13. The van der Waals surface area contributed by atoms with Crippen molar-refractivity contribution in [2.24, 2.45) is 0 Å². The van der Waals surface area contributed by atoms with Gasteiger partial charge in [-0.2, -0.15) is 0 Å². The predicted octanol–water partition coefficient (Wildman–Crippen LogP) is 1.27. The van der Waals surface area contributed by atoms with Crippen LogP contribution in [0.3, 0.4) is 0 Å². The first-order valence-corrected chi connectivity index (χ1v) is 11.6. The summed E-state index contributed by atoms with van der Waals surface area (Å²) in [5.41, 5.74) is 1.41. The predicted molar refractivity (Wildman–Crippen MR) is 110 cm³/mol. The van der Waals surface area contributed by atoms with E-state index in [-0.39, 0.29) is 10.8 Å². The lowest BCUT2D eigenvalue weighted by molar-refractivity contribution is -0.116. The number of carbonyl (C=O) groups excluding carboxylic acids is 1. The lowest BCUT2D eigenvalue weighted by Gasteiger charge is -2.32. The summed E-state index contributed by atoms with van der Waals surface area (Å²) in [5.74, 6) is -0.136. The summed E-state index contributed by atoms with van der Waals surface area (Å²) in [6, 6.07) is 3.48. The molecule has 1 aromatic rings. The third-order valence-electron chi connectivity index (χ3n) is 5.20. The Morgan fingerprint density at radius 2 is 1.89 bits per heavy atom. The number of likely N-dealkylation sites (N-methyl/N-ethyl adjacent to an activating group) is 1. The standard InChI is InChI=1S/C18H27BrN4O3S/c1-14(24)23-7-4-15-12-16(19)13-17(18(15)23)27(25,26)20-5-3-6-22-10-8-21(2)9-11-22/h12-13,20H,3-11H2,1-2H3. The monoisotopic (exact) mass is 458 g/mol. The zero-order valence-electron chi connectivity index (χ0n) is 15.9. The Bertz CT molecular complexity index is 807. The molecule has 0 aromatic heterocycles. The Morgan fingerprint density at radius 3 is 2.56 bits per heavy atom. The molecule has 1 aromatic carbocycles. The van der Waals surface area contributed by atoms with E-state index < -0.39 is 10.0 Å². The maximum Gasteiger partial charge on any atom is 0.242 e. The molecule has 0 bridgehead atoms. The molecule has 1 saturated heterocycles. The molecule has 0 atom stereocenters. The van der Waals surface area contributed by atoms with Crippen LogP contribution in [0.1, 0.15) is 18.9 Å². The molecule has 2 aliphatic heterocycles. The van der Waals surface area contributed by atoms with Gasteiger partial charge in [0.2, 0.25) is 15.9 Å². The molecule has 150 valence electrons. The van der Waals surface area contributed by atoms with Gasteiger partial charge in [0, 0.05) is 50.7 Å². The quantitative estimate of drug-likeness (QED) is 0.649. The van der Waals surface area contributed by atoms with Crippen LogP contribution in [-0.4, -0.2) is 77.0 Å². The van der Waals surface area contributed by atoms with E-state index in [2.05, 4.69) is 37.5 Å². The van der Waals surface area contributed by atoms with Crippen molar-refractivity contribution in [1.29, 1.82) is 0 Å². The summed E-state index contributed by atoms with van der Waals surface area (Å²) in [5, 5.41) is 0. The summed E-state index contributed by atoms with van der Waals surface area (Å²) in [4.78, 5) is 18.3. The molecule has 0 aliphatic carbocycles. The molecule has 3 rings (SSSR count). The second-order valence-electron chi connectivity index (χ2n) is 7.23. The van der Waals surface area contributed by atoms with Crippen LogP contribution in [-0.2, 0) is 21.2 Å². The number of rotatable bonds is 6. The maximum absolute atomic E-state index is 12.9. The van der Waals surface area contributed by atoms with Gasteiger partial charge in [-0.05, 0) is 44.1 Å². The van der Waals surface area contributed by atoms with Crippen LogP contribution in [0.25, 0.3) is 0 Å². The lowest BCUT2D eigenvalue weighted by atomic mass is 10.2. The van der Waals surface area contributed by atoms with Crippen molar-refractivity contribution < 1.29 is 13.2 Å². The van der Waals surface area contributed by atoms with Crippen molar-refractivity contribution in [2.45, 2.75) is 24.7 Å². The Morgan fingerprint density at radius 1 is 1.19 bits per heavy atom. The molecule has 27 heavy (non-hydrogen) atoms. The molecule has 1 fully saturated rings. The van der Waals surface area contributed by atoms with Gasteiger partial charge in [-0.3, -0.25) is 4.79 Å². The Labute approximate surface area is 169 Å². The minimum Gasteiger partial charge on any atom is -0.311 e. The molecular weight excluding hydrogens is 432 g/mol. The average molecular weight is 459 g/mol. The van der Waals surface area contributed by atoms with Crippen LogP contribution in [0, 0.1) is 0 Å². The van der Waals surface area contributed by atoms with E-state index in [1.165, 1.54) is 6.92 Å². The van der Waals surface area contributed by atoms with Crippen LogP contribution >= 0.6 is 15.9 Å². The summed E-state index contributed by atoms with van der Waals surface area (Å²) >= 11 is 3.40. The van der Waals surface area contributed by atoms with Crippen molar-refractivity contribution >= 4 is 37.5 Å². The van der Waals surface area contributed by atoms with Gasteiger partial charge in [0.05, 0.1) is 5.69 Å². The van der Waals surface area contributed by atoms with Gasteiger partial charge < -0.3 is 14.7 Å². The summed E-state index contributed by atoms with van der Waals surface area (Å²) < 4.78 is 29.3. The molecule has 1 amide bonds. The van der Waals surface area contributed by atoms with Crippen LogP contribution in [0.4, 0.5) is 5.69 Å². The van der Waals surface area contributed by atoms with E-state index >= 15 is 0 Å². The summed E-state index contributed by atoms with van der Waals surface area (Å²) in [7, 11) is -1.57. The largest absolute Gasteiger partial charge is 0.311 e. The fourth-order valence-corrected chi connectivity index (χ4v) is 5.65. The molecule has 0 unspecified atom stereocenters. The molecule has 1 N–H and O–H groups in total. The first-order valence-electron chi connectivity index (χ1n) is 9.29. The van der Waals surface area contributed by atoms with Crippen molar-refractivity contribution in [2.75, 3.05) is 57.8 Å². The van der Waals surface area contributed by atoms with Gasteiger partial charge in [0.1, 0.15) is 4.90 Å². The van der Waals surface area contributed by atoms with Crippen LogP contribution < -0.4 is 9.62 Å². The topological polar surface area (TPSA) is 73.0 Å². The third kappa shape index (κ3) is 4.89. The molecule has 0 radical (unpaired) electrons. The van der Waals surface area contributed by atoms with Gasteiger partial charge in [-0.25, -0.2) is 13.1 Å². The maximum atomic E-state index is 12.9. The van der Waals surface area contributed by atoms with Crippen molar-refractivity contribution in [1.82, 2.24) is 14.5 Å². The molecule has 0 spiro atoms. The van der Waals surface area contributed by atoms with E-state index in [1.807, 2.05) is 6.07 Å². The number of piperazine rings is 1. The molecule has 0 saturated carbocycles. The van der Waals surface area contributed by atoms with E-state index in [4.69, 9.17) is 0 Å². The Kier molecular flexibility index (Phi) is 6.58. The fraction of sp³-hybridized carbons (Fsp3) is 0.611. The van der Waals surface area contributed by atoms with E-state index in [0.717, 1.165) is 44.7 Å². The minimum absolute atomic E-state index is 0.136. The average Bonchev–Trinajstić information content (AvgIpc) is 3.03. The first-order chi connectivity index (χ1) is 12.8. The number of anilines is 1. The number of fused-ring (bicyclic) bond motifs is 1. The zero-order valence-corrected chi connectivity index (χ0v) is 18.3. The van der Waals surface area contributed by atoms with Crippen molar-refractivity contribution in [3.63, 3.8) is 0 Å². The molecule has 9 heteroatoms. The fourth-order valence-electron chi connectivity index (χ4n) is 3.65. The van der Waals surface area contributed by atoms with Crippen LogP contribution in [0.5, 0.6) is 0 Å². The highest BCUT2D eigenvalue weighted by atomic mass is 79.9. The number of hydrogen-bond donors (Lipinski definition) is 1. The number of benzene rings is 1. The molecule has 2 aliphatic rings. The van der Waals surface area contributed by atoms with Crippen molar-refractivity contribution in [3.05, 3.63) is 22.2 Å². The number of carbonyl (C=O) groups is 1. The number of hydrogen-bond acceptors (Lipinski definition) is 5. The number of nitrogens with one attached hydrogen (secondary N) is 1. The smallest absolute Gasteiger partial charge is 0.242 e. The highest BCUT2D eigenvalue weighted by Crippen LogP contribution is 2.37. The molecular formula is C18H27BrN4O3S. The highest BCUT2D eigenvalue weighted by Gasteiger charge is 2.31. The molecule has 2 heterocycles. The van der Waals surface area contributed by atoms with E-state index in [0.29, 0.717) is 29.7 Å². The minimum atomic E-state index is -3.69. The number of halogens is 1. The van der Waals surface area contributed by atoms with Crippen molar-refractivity contribution in [3.8, 4) is 0 Å². The normalized spacial score (nSPS) is 18.7. The van der Waals surface area contributed by atoms with Gasteiger partial charge in [-0.15, -0.1) is 0 Å². The van der Waals surface area contributed by atoms with E-state index in [9.17, 15) is 13.2 Å². The number of amides is 1. The second kappa shape index (κ2) is 8.57. The van der Waals surface area contributed by atoms with Gasteiger partial charge in [0.25, 0.3) is 0 Å². The van der Waals surface area contributed by atoms with Gasteiger partial charge in [0.15, 0.2) is 0 Å². The SMILES string of the molecule is CC(=O)N1CCc2cc(Br)cc(S(=O)(=O)NCCCN3CCN(C)CC3)c21. The second-order valence-corrected chi connectivity index (χ2v) is 9.88. The highest BCUT2D eigenvalue weighted by molar-refractivity contribution is 9.10. The number of nitrogens with zero attached hydrogens (tertiary/aromatic N) is 3. The zero-order chi connectivity index (χ0) is 19.6. The Balaban J connectivity index is 1.66. The lowest BCUT2D eigenvalue weighted by Crippen LogP contribution is -2.45. The number of sulfonamides is 1. The van der Waals surface area contributed by atoms with Gasteiger partial charge >= 0.3 is 0 Å². The summed E-state index contributed by atoms with van der Waals surface area (Å²) in [6.45, 7) is 7.41. The Hall–Kier alpha value is -1.00. The summed E-state index contributed by atoms with van der Waals surface area (Å²) in [6.07, 6.45) is 1.43. The molecule has 7 nitrogen and oxygen atoms in total. The van der Waals surface area contributed by atoms with E-state index in [1.54, 1.807) is 11.0 Å².